The molecule has 0 spiro atoms. The number of hydrogen-bond acceptors (Lipinski definition) is 2. The van der Waals surface area contributed by atoms with Crippen molar-refractivity contribution in [1.29, 1.82) is 0 Å². The highest BCUT2D eigenvalue weighted by atomic mass is 79.9. The van der Waals surface area contributed by atoms with E-state index in [4.69, 9.17) is 11.5 Å². The van der Waals surface area contributed by atoms with Gasteiger partial charge in [0.2, 0.25) is 0 Å². The van der Waals surface area contributed by atoms with Crippen LogP contribution in [0.4, 0.5) is 0 Å². The van der Waals surface area contributed by atoms with Gasteiger partial charge in [0, 0.05) is 6.42 Å². The molecule has 0 bridgehead atoms. The summed E-state index contributed by atoms with van der Waals surface area (Å²) in [6.07, 6.45) is 0.522. The highest BCUT2D eigenvalue weighted by molar-refractivity contribution is 9.10. The van der Waals surface area contributed by atoms with Crippen molar-refractivity contribution in [1.82, 2.24) is 0 Å². The molecule has 0 saturated carbocycles. The summed E-state index contributed by atoms with van der Waals surface area (Å²) < 4.78 is -1.36. The smallest absolute Gasteiger partial charge is 0.100 e. The number of halogens is 2. The summed E-state index contributed by atoms with van der Waals surface area (Å²) in [5.41, 5.74) is 14.7. The van der Waals surface area contributed by atoms with Crippen LogP contribution in [-0.2, 0) is 8.90 Å². The molecule has 2 unspecified atom stereocenters. The van der Waals surface area contributed by atoms with E-state index in [9.17, 15) is 0 Å². The van der Waals surface area contributed by atoms with Crippen molar-refractivity contribution >= 4 is 31.9 Å². The summed E-state index contributed by atoms with van der Waals surface area (Å²) in [4.78, 5) is 0. The summed E-state index contributed by atoms with van der Waals surface area (Å²) in [5.74, 6) is 0. The van der Waals surface area contributed by atoms with Gasteiger partial charge in [-0.15, -0.1) is 0 Å². The molecule has 0 fully saturated rings. The van der Waals surface area contributed by atoms with Gasteiger partial charge in [-0.05, 0) is 11.1 Å². The molecule has 2 nitrogen and oxygen atoms in total. The Hall–Kier alpha value is -0.680. The summed E-state index contributed by atoms with van der Waals surface area (Å²) in [5, 5.41) is 0. The van der Waals surface area contributed by atoms with Crippen molar-refractivity contribution in [3.63, 3.8) is 0 Å². The first-order valence-electron chi connectivity index (χ1n) is 5.98. The molecule has 0 aliphatic rings. The molecule has 0 saturated heterocycles. The Morgan fingerprint density at radius 1 is 0.684 bits per heavy atom. The average Bonchev–Trinajstić information content (AvgIpc) is 2.40. The van der Waals surface area contributed by atoms with Gasteiger partial charge < -0.3 is 11.5 Å². The lowest BCUT2D eigenvalue weighted by atomic mass is 9.96. The molecule has 0 aliphatic heterocycles. The lowest BCUT2D eigenvalue weighted by Crippen LogP contribution is -2.41. The van der Waals surface area contributed by atoms with Crippen LogP contribution in [0.5, 0.6) is 0 Å². The Balaban J connectivity index is 2.25. The third-order valence-electron chi connectivity index (χ3n) is 3.02. The van der Waals surface area contributed by atoms with Crippen LogP contribution in [0.1, 0.15) is 17.5 Å². The number of rotatable bonds is 4. The normalized spacial score (nSPS) is 17.5. The minimum absolute atomic E-state index is 0.522. The second kappa shape index (κ2) is 5.75. The number of nitrogens with two attached hydrogens (primary N) is 2. The van der Waals surface area contributed by atoms with Gasteiger partial charge in [0.05, 0.1) is 0 Å². The molecular weight excluding hydrogens is 368 g/mol. The molecule has 2 aromatic rings. The van der Waals surface area contributed by atoms with Crippen molar-refractivity contribution in [2.45, 2.75) is 15.3 Å². The minimum atomic E-state index is -0.678. The zero-order valence-electron chi connectivity index (χ0n) is 10.4. The van der Waals surface area contributed by atoms with E-state index in [0.29, 0.717) is 6.42 Å². The van der Waals surface area contributed by atoms with Crippen LogP contribution >= 0.6 is 31.9 Å². The van der Waals surface area contributed by atoms with Crippen LogP contribution in [0.15, 0.2) is 60.7 Å². The van der Waals surface area contributed by atoms with Gasteiger partial charge in [0.1, 0.15) is 8.90 Å². The maximum absolute atomic E-state index is 6.37. The predicted molar refractivity (Wildman–Crippen MR) is 87.1 cm³/mol. The molecule has 100 valence electrons. The lowest BCUT2D eigenvalue weighted by Gasteiger charge is -2.32. The van der Waals surface area contributed by atoms with Gasteiger partial charge in [-0.2, -0.15) is 0 Å². The van der Waals surface area contributed by atoms with Gasteiger partial charge in [-0.1, -0.05) is 92.5 Å². The van der Waals surface area contributed by atoms with E-state index in [1.165, 1.54) is 0 Å². The fraction of sp³-hybridized carbons (Fsp3) is 0.200. The summed E-state index contributed by atoms with van der Waals surface area (Å²) in [7, 11) is 0. The van der Waals surface area contributed by atoms with Crippen molar-refractivity contribution in [2.24, 2.45) is 11.5 Å². The third kappa shape index (κ3) is 3.66. The summed E-state index contributed by atoms with van der Waals surface area (Å²) >= 11 is 7.18. The van der Waals surface area contributed by atoms with Gasteiger partial charge >= 0.3 is 0 Å². The van der Waals surface area contributed by atoms with E-state index < -0.39 is 8.90 Å². The van der Waals surface area contributed by atoms with E-state index in [-0.39, 0.29) is 0 Å². The molecule has 19 heavy (non-hydrogen) atoms. The number of alkyl halides is 2. The van der Waals surface area contributed by atoms with Crippen LogP contribution in [0, 0.1) is 0 Å². The molecule has 2 aromatic carbocycles. The second-order valence-corrected chi connectivity index (χ2v) is 7.46. The fourth-order valence-corrected chi connectivity index (χ4v) is 3.80. The highest BCUT2D eigenvalue weighted by Crippen LogP contribution is 2.40. The van der Waals surface area contributed by atoms with Gasteiger partial charge in [-0.25, -0.2) is 0 Å². The average molecular weight is 384 g/mol. The Kier molecular flexibility index (Phi) is 4.46. The quantitative estimate of drug-likeness (QED) is 0.623. The summed E-state index contributed by atoms with van der Waals surface area (Å²) in [6, 6.07) is 19.7. The standard InChI is InChI=1S/C15H16Br2N2/c16-14(18,12-7-3-1-4-8-12)11-15(17,19)13-9-5-2-6-10-13/h1-10H,11,18-19H2. The van der Waals surface area contributed by atoms with E-state index in [1.807, 2.05) is 60.7 Å². The summed E-state index contributed by atoms with van der Waals surface area (Å²) in [6.45, 7) is 0. The van der Waals surface area contributed by atoms with Crippen molar-refractivity contribution < 1.29 is 0 Å². The van der Waals surface area contributed by atoms with E-state index in [1.54, 1.807) is 0 Å². The molecule has 4 heteroatoms. The first-order valence-corrected chi connectivity index (χ1v) is 7.57. The van der Waals surface area contributed by atoms with Gasteiger partial charge in [0.15, 0.2) is 0 Å². The fourth-order valence-electron chi connectivity index (χ4n) is 2.01. The Labute approximate surface area is 130 Å². The van der Waals surface area contributed by atoms with Crippen LogP contribution in [0.3, 0.4) is 0 Å². The number of hydrogen-bond donors (Lipinski definition) is 2. The van der Waals surface area contributed by atoms with Crippen LogP contribution in [0.25, 0.3) is 0 Å². The Morgan fingerprint density at radius 2 is 1.00 bits per heavy atom. The maximum atomic E-state index is 6.37. The SMILES string of the molecule is NC(Br)(CC(N)(Br)c1ccccc1)c1ccccc1. The van der Waals surface area contributed by atoms with E-state index in [0.717, 1.165) is 11.1 Å². The monoisotopic (exact) mass is 382 g/mol. The van der Waals surface area contributed by atoms with Gasteiger partial charge in [0.25, 0.3) is 0 Å². The second-order valence-electron chi connectivity index (χ2n) is 4.63. The molecule has 0 aromatic heterocycles. The topological polar surface area (TPSA) is 52.0 Å². The van der Waals surface area contributed by atoms with Crippen LogP contribution < -0.4 is 11.5 Å². The van der Waals surface area contributed by atoms with E-state index in [2.05, 4.69) is 31.9 Å². The van der Waals surface area contributed by atoms with Gasteiger partial charge in [-0.3, -0.25) is 0 Å². The minimum Gasteiger partial charge on any atom is -0.312 e. The zero-order valence-corrected chi connectivity index (χ0v) is 13.6. The van der Waals surface area contributed by atoms with Crippen molar-refractivity contribution in [3.05, 3.63) is 71.8 Å². The first kappa shape index (κ1) is 14.7. The molecule has 4 N–H and O–H groups in total. The molecule has 2 atom stereocenters. The van der Waals surface area contributed by atoms with Crippen LogP contribution in [-0.4, -0.2) is 0 Å². The van der Waals surface area contributed by atoms with Crippen molar-refractivity contribution in [2.75, 3.05) is 0 Å². The highest BCUT2D eigenvalue weighted by Gasteiger charge is 2.35. The Bertz CT molecular complexity index is 475. The maximum Gasteiger partial charge on any atom is 0.100 e. The van der Waals surface area contributed by atoms with Crippen LogP contribution in [0.2, 0.25) is 0 Å². The number of benzene rings is 2. The molecular formula is C15H16Br2N2. The zero-order chi connectivity index (χ0) is 13.9. The molecule has 0 radical (unpaired) electrons. The lowest BCUT2D eigenvalue weighted by molar-refractivity contribution is 0.496. The third-order valence-corrected chi connectivity index (χ3v) is 4.50. The predicted octanol–water partition coefficient (Wildman–Crippen LogP) is 3.79. The molecule has 0 heterocycles. The molecule has 0 aliphatic carbocycles. The largest absolute Gasteiger partial charge is 0.312 e. The Morgan fingerprint density at radius 3 is 1.32 bits per heavy atom. The van der Waals surface area contributed by atoms with E-state index >= 15 is 0 Å². The molecule has 2 rings (SSSR count). The first-order chi connectivity index (χ1) is 8.92. The molecule has 0 amide bonds. The van der Waals surface area contributed by atoms with Crippen molar-refractivity contribution in [3.8, 4) is 0 Å².